The van der Waals surface area contributed by atoms with Crippen LogP contribution in [-0.4, -0.2) is 33.7 Å². The third kappa shape index (κ3) is 2.90. The Morgan fingerprint density at radius 3 is 2.57 bits per heavy atom. The summed E-state index contributed by atoms with van der Waals surface area (Å²) in [5.41, 5.74) is 1.77. The monoisotopic (exact) mass is 309 g/mol. The smallest absolute Gasteiger partial charge is 0.253 e. The molecule has 23 heavy (non-hydrogen) atoms. The van der Waals surface area contributed by atoms with E-state index in [1.165, 1.54) is 32.1 Å². The van der Waals surface area contributed by atoms with Crippen LogP contribution in [0.4, 0.5) is 0 Å². The van der Waals surface area contributed by atoms with Crippen molar-refractivity contribution < 1.29 is 4.79 Å². The first-order chi connectivity index (χ1) is 11.3. The van der Waals surface area contributed by atoms with Crippen molar-refractivity contribution in [2.45, 2.75) is 32.1 Å². The van der Waals surface area contributed by atoms with Gasteiger partial charge in [0, 0.05) is 31.0 Å². The zero-order valence-electron chi connectivity index (χ0n) is 13.4. The van der Waals surface area contributed by atoms with Gasteiger partial charge in [0.25, 0.3) is 5.91 Å². The van der Waals surface area contributed by atoms with Crippen molar-refractivity contribution in [3.63, 3.8) is 0 Å². The first-order valence-electron chi connectivity index (χ1n) is 8.70. The lowest BCUT2D eigenvalue weighted by Crippen LogP contribution is -2.44. The van der Waals surface area contributed by atoms with Gasteiger partial charge in [0.15, 0.2) is 0 Å². The molecule has 1 aliphatic carbocycles. The van der Waals surface area contributed by atoms with Crippen LogP contribution in [-0.2, 0) is 0 Å². The van der Waals surface area contributed by atoms with E-state index >= 15 is 0 Å². The molecule has 4 heteroatoms. The number of likely N-dealkylation sites (tertiary alicyclic amines) is 1. The second-order valence-electron chi connectivity index (χ2n) is 6.84. The van der Waals surface area contributed by atoms with E-state index in [1.54, 1.807) is 6.20 Å². The summed E-state index contributed by atoms with van der Waals surface area (Å²) in [6, 6.07) is 9.67. The Morgan fingerprint density at radius 2 is 1.83 bits per heavy atom. The van der Waals surface area contributed by atoms with Crippen LogP contribution < -0.4 is 0 Å². The summed E-state index contributed by atoms with van der Waals surface area (Å²) < 4.78 is 1.81. The third-order valence-corrected chi connectivity index (χ3v) is 5.46. The quantitative estimate of drug-likeness (QED) is 0.851. The van der Waals surface area contributed by atoms with Gasteiger partial charge in [-0.25, -0.2) is 4.68 Å². The highest BCUT2D eigenvalue weighted by atomic mass is 16.2. The molecule has 120 valence electrons. The molecule has 0 unspecified atom stereocenters. The molecular weight excluding hydrogens is 286 g/mol. The molecule has 1 aliphatic heterocycles. The van der Waals surface area contributed by atoms with Gasteiger partial charge in [-0.1, -0.05) is 19.3 Å². The molecule has 2 fully saturated rings. The maximum Gasteiger partial charge on any atom is 0.253 e. The highest BCUT2D eigenvalue weighted by Gasteiger charge is 2.33. The minimum Gasteiger partial charge on any atom is -0.338 e. The van der Waals surface area contributed by atoms with Crippen LogP contribution in [0.3, 0.4) is 0 Å². The summed E-state index contributed by atoms with van der Waals surface area (Å²) in [5.74, 6) is 1.76. The van der Waals surface area contributed by atoms with Gasteiger partial charge < -0.3 is 4.90 Å². The van der Waals surface area contributed by atoms with Gasteiger partial charge in [0.05, 0.1) is 5.69 Å². The molecular formula is C19H23N3O. The predicted molar refractivity (Wildman–Crippen MR) is 89.5 cm³/mol. The Hall–Kier alpha value is -2.10. The molecule has 2 heterocycles. The van der Waals surface area contributed by atoms with E-state index in [4.69, 9.17) is 0 Å². The lowest BCUT2D eigenvalue weighted by molar-refractivity contribution is 0.0521. The van der Waals surface area contributed by atoms with Crippen molar-refractivity contribution in [2.24, 2.45) is 11.8 Å². The molecule has 0 bridgehead atoms. The van der Waals surface area contributed by atoms with E-state index in [-0.39, 0.29) is 5.91 Å². The van der Waals surface area contributed by atoms with E-state index < -0.39 is 0 Å². The van der Waals surface area contributed by atoms with Gasteiger partial charge in [0.2, 0.25) is 0 Å². The van der Waals surface area contributed by atoms with Gasteiger partial charge >= 0.3 is 0 Å². The lowest BCUT2D eigenvalue weighted by Gasteiger charge is -2.41. The molecule has 0 radical (unpaired) electrons. The molecule has 1 saturated carbocycles. The Balaban J connectivity index is 1.46. The highest BCUT2D eigenvalue weighted by molar-refractivity contribution is 5.94. The Kier molecular flexibility index (Phi) is 3.90. The first-order valence-corrected chi connectivity index (χ1v) is 8.70. The van der Waals surface area contributed by atoms with Crippen molar-refractivity contribution in [3.05, 3.63) is 48.3 Å². The topological polar surface area (TPSA) is 38.1 Å². The Morgan fingerprint density at radius 1 is 1.04 bits per heavy atom. The first kappa shape index (κ1) is 14.5. The van der Waals surface area contributed by atoms with E-state index in [9.17, 15) is 4.79 Å². The zero-order chi connectivity index (χ0) is 15.6. The van der Waals surface area contributed by atoms with Crippen molar-refractivity contribution in [2.75, 3.05) is 13.1 Å². The molecule has 2 aromatic rings. The number of carbonyl (C=O) groups is 1. The van der Waals surface area contributed by atoms with E-state index in [0.717, 1.165) is 36.2 Å². The SMILES string of the molecule is O=C(c1ccc(-n2cccn2)cc1)N1CC[C@H]2CCCC[C@@H]2C1. The molecule has 1 saturated heterocycles. The summed E-state index contributed by atoms with van der Waals surface area (Å²) >= 11 is 0. The fourth-order valence-electron chi connectivity index (χ4n) is 4.15. The molecule has 2 aliphatic rings. The summed E-state index contributed by atoms with van der Waals surface area (Å²) in [6.07, 6.45) is 10.2. The molecule has 1 aromatic carbocycles. The number of benzene rings is 1. The van der Waals surface area contributed by atoms with Crippen LogP contribution >= 0.6 is 0 Å². The summed E-state index contributed by atoms with van der Waals surface area (Å²) in [7, 11) is 0. The average molecular weight is 309 g/mol. The Bertz CT molecular complexity index is 662. The second-order valence-corrected chi connectivity index (χ2v) is 6.84. The minimum absolute atomic E-state index is 0.182. The Labute approximate surface area is 137 Å². The number of hydrogen-bond acceptors (Lipinski definition) is 2. The largest absolute Gasteiger partial charge is 0.338 e. The van der Waals surface area contributed by atoms with Crippen LogP contribution in [0.2, 0.25) is 0 Å². The number of hydrogen-bond donors (Lipinski definition) is 0. The number of nitrogens with zero attached hydrogens (tertiary/aromatic N) is 3. The van der Waals surface area contributed by atoms with E-state index in [1.807, 2.05) is 41.2 Å². The van der Waals surface area contributed by atoms with Gasteiger partial charge in [-0.05, 0) is 55.0 Å². The molecule has 0 spiro atoms. The van der Waals surface area contributed by atoms with Gasteiger partial charge in [-0.2, -0.15) is 5.10 Å². The standard InChI is InChI=1S/C19H23N3O/c23-19(21-13-10-15-4-1-2-5-17(15)14-21)16-6-8-18(9-7-16)22-12-3-11-20-22/h3,6-9,11-12,15,17H,1-2,4-5,10,13-14H2/t15-,17-/m1/s1. The molecule has 2 atom stereocenters. The average Bonchev–Trinajstić information content (AvgIpc) is 3.15. The zero-order valence-corrected chi connectivity index (χ0v) is 13.4. The molecule has 1 aromatic heterocycles. The maximum atomic E-state index is 12.8. The maximum absolute atomic E-state index is 12.8. The predicted octanol–water partition coefficient (Wildman–Crippen LogP) is 3.52. The molecule has 4 nitrogen and oxygen atoms in total. The molecule has 1 amide bonds. The fourth-order valence-corrected chi connectivity index (χ4v) is 4.15. The van der Waals surface area contributed by atoms with Crippen molar-refractivity contribution in [1.29, 1.82) is 0 Å². The molecule has 4 rings (SSSR count). The highest BCUT2D eigenvalue weighted by Crippen LogP contribution is 2.36. The van der Waals surface area contributed by atoms with E-state index in [0.29, 0.717) is 0 Å². The van der Waals surface area contributed by atoms with Gasteiger partial charge in [-0.15, -0.1) is 0 Å². The van der Waals surface area contributed by atoms with E-state index in [2.05, 4.69) is 10.00 Å². The normalized spacial score (nSPS) is 24.3. The fraction of sp³-hybridized carbons (Fsp3) is 0.474. The number of piperidine rings is 1. The van der Waals surface area contributed by atoms with Crippen LogP contribution in [0.25, 0.3) is 5.69 Å². The molecule has 0 N–H and O–H groups in total. The van der Waals surface area contributed by atoms with Crippen LogP contribution in [0.1, 0.15) is 42.5 Å². The minimum atomic E-state index is 0.182. The number of amides is 1. The van der Waals surface area contributed by atoms with Crippen LogP contribution in [0.5, 0.6) is 0 Å². The van der Waals surface area contributed by atoms with Crippen LogP contribution in [0.15, 0.2) is 42.7 Å². The number of aromatic nitrogens is 2. The number of carbonyl (C=O) groups excluding carboxylic acids is 1. The van der Waals surface area contributed by atoms with Crippen molar-refractivity contribution >= 4 is 5.91 Å². The van der Waals surface area contributed by atoms with Gasteiger partial charge in [0.1, 0.15) is 0 Å². The van der Waals surface area contributed by atoms with Crippen molar-refractivity contribution in [3.8, 4) is 5.69 Å². The van der Waals surface area contributed by atoms with Crippen molar-refractivity contribution in [1.82, 2.24) is 14.7 Å². The number of fused-ring (bicyclic) bond motifs is 1. The number of rotatable bonds is 2. The lowest BCUT2D eigenvalue weighted by atomic mass is 9.75. The third-order valence-electron chi connectivity index (χ3n) is 5.46. The second kappa shape index (κ2) is 6.19. The summed E-state index contributed by atoms with van der Waals surface area (Å²) in [4.78, 5) is 14.8. The summed E-state index contributed by atoms with van der Waals surface area (Å²) in [6.45, 7) is 1.87. The van der Waals surface area contributed by atoms with Crippen LogP contribution in [0, 0.1) is 11.8 Å². The van der Waals surface area contributed by atoms with Gasteiger partial charge in [-0.3, -0.25) is 4.79 Å². The summed E-state index contributed by atoms with van der Waals surface area (Å²) in [5, 5.41) is 4.22.